The van der Waals surface area contributed by atoms with E-state index in [2.05, 4.69) is 15.5 Å². The number of hydrogen-bond donors (Lipinski definition) is 4. The number of nitrogens with one attached hydrogen (secondary N) is 2. The largest absolute Gasteiger partial charge is 0.508 e. The van der Waals surface area contributed by atoms with E-state index in [1.54, 1.807) is 36.9 Å². The number of amides is 2. The van der Waals surface area contributed by atoms with Crippen LogP contribution >= 0.6 is 11.8 Å². The highest BCUT2D eigenvalue weighted by atomic mass is 32.2. The van der Waals surface area contributed by atoms with E-state index in [1.165, 1.54) is 12.8 Å². The Kier molecular flexibility index (Phi) is 10.2. The van der Waals surface area contributed by atoms with Gasteiger partial charge in [0.25, 0.3) is 5.91 Å². The highest BCUT2D eigenvalue weighted by Crippen LogP contribution is 2.39. The molecule has 2 aromatic carbocycles. The fourth-order valence-electron chi connectivity index (χ4n) is 6.06. The van der Waals surface area contributed by atoms with E-state index >= 15 is 0 Å². The number of aliphatic hydroxyl groups is 1. The number of hydrogen-bond acceptors (Lipinski definition) is 6. The zero-order valence-electron chi connectivity index (χ0n) is 24.2. The van der Waals surface area contributed by atoms with Gasteiger partial charge in [-0.1, -0.05) is 43.5 Å². The molecule has 2 fully saturated rings. The van der Waals surface area contributed by atoms with E-state index in [4.69, 9.17) is 0 Å². The van der Waals surface area contributed by atoms with E-state index in [9.17, 15) is 19.8 Å². The Morgan fingerprint density at radius 1 is 1.05 bits per heavy atom. The standard InChI is InChI=1S/C32H45N3O4S/c1-21-25(15-10-16-28(21)36)30(38)33-26(20-40-24-13-6-5-7-14-24)29(37)19-35-18-23-12-9-8-11-22(23)17-27(35)31(39)34-32(2,3)4/h5-7,10,13-16,22-23,26-27,29,36-37H,8-9,11-12,17-20H2,1-4H3,(H,33,38)(H,34,39)/t22-,23+,26?,27-,29+/m0/s1. The van der Waals surface area contributed by atoms with E-state index < -0.39 is 12.1 Å². The number of aliphatic hydroxyl groups excluding tert-OH is 1. The molecule has 5 atom stereocenters. The quantitative estimate of drug-likeness (QED) is 0.327. The summed E-state index contributed by atoms with van der Waals surface area (Å²) >= 11 is 1.57. The molecule has 1 saturated carbocycles. The van der Waals surface area contributed by atoms with E-state index in [0.717, 1.165) is 30.7 Å². The summed E-state index contributed by atoms with van der Waals surface area (Å²) < 4.78 is 0. The maximum Gasteiger partial charge on any atom is 0.252 e. The first-order chi connectivity index (χ1) is 19.0. The van der Waals surface area contributed by atoms with Crippen molar-refractivity contribution in [2.24, 2.45) is 11.8 Å². The van der Waals surface area contributed by atoms with Crippen molar-refractivity contribution in [3.05, 3.63) is 59.7 Å². The maximum absolute atomic E-state index is 13.5. The number of likely N-dealkylation sites (tertiary alicyclic amines) is 1. The molecule has 218 valence electrons. The number of thioether (sulfide) groups is 1. The molecule has 7 nitrogen and oxygen atoms in total. The summed E-state index contributed by atoms with van der Waals surface area (Å²) in [6.07, 6.45) is 4.67. The van der Waals surface area contributed by atoms with Crippen molar-refractivity contribution in [1.82, 2.24) is 15.5 Å². The first-order valence-electron chi connectivity index (χ1n) is 14.5. The average molecular weight is 568 g/mol. The highest BCUT2D eigenvalue weighted by Gasteiger charge is 2.41. The number of β-amino-alcohol motifs (C(OH)–C–C–N with tert-alkyl or cyclic N) is 1. The van der Waals surface area contributed by atoms with E-state index in [1.807, 2.05) is 51.1 Å². The van der Waals surface area contributed by atoms with Crippen LogP contribution in [-0.2, 0) is 4.79 Å². The Labute approximate surface area is 243 Å². The van der Waals surface area contributed by atoms with Gasteiger partial charge in [-0.2, -0.15) is 0 Å². The third-order valence-electron chi connectivity index (χ3n) is 8.23. The molecular formula is C32H45N3O4S. The van der Waals surface area contributed by atoms with Crippen LogP contribution in [0.25, 0.3) is 0 Å². The number of rotatable bonds is 9. The minimum absolute atomic E-state index is 0.0124. The summed E-state index contributed by atoms with van der Waals surface area (Å²) in [6.45, 7) is 8.76. The minimum Gasteiger partial charge on any atom is -0.508 e. The molecule has 1 saturated heterocycles. The molecule has 4 N–H and O–H groups in total. The van der Waals surface area contributed by atoms with Crippen LogP contribution in [0.1, 0.15) is 68.8 Å². The van der Waals surface area contributed by atoms with Gasteiger partial charge in [0.1, 0.15) is 5.75 Å². The van der Waals surface area contributed by atoms with Gasteiger partial charge in [0.15, 0.2) is 0 Å². The monoisotopic (exact) mass is 567 g/mol. The Morgan fingerprint density at radius 3 is 2.45 bits per heavy atom. The first-order valence-corrected chi connectivity index (χ1v) is 15.5. The number of nitrogens with zero attached hydrogens (tertiary/aromatic N) is 1. The van der Waals surface area contributed by atoms with Crippen LogP contribution in [0.15, 0.2) is 53.4 Å². The Balaban J connectivity index is 1.54. The lowest BCUT2D eigenvalue weighted by atomic mass is 9.72. The summed E-state index contributed by atoms with van der Waals surface area (Å²) in [4.78, 5) is 30.0. The molecule has 2 aromatic rings. The number of carbonyl (C=O) groups excluding carboxylic acids is 2. The van der Waals surface area contributed by atoms with E-state index in [0.29, 0.717) is 35.3 Å². The Morgan fingerprint density at radius 2 is 1.75 bits per heavy atom. The number of phenolic OH excluding ortho intramolecular Hbond substituents is 1. The van der Waals surface area contributed by atoms with Gasteiger partial charge in [-0.15, -0.1) is 11.8 Å². The van der Waals surface area contributed by atoms with Crippen molar-refractivity contribution in [3.8, 4) is 5.75 Å². The highest BCUT2D eigenvalue weighted by molar-refractivity contribution is 7.99. The topological polar surface area (TPSA) is 102 Å². The lowest BCUT2D eigenvalue weighted by molar-refractivity contribution is -0.132. The molecule has 0 radical (unpaired) electrons. The maximum atomic E-state index is 13.5. The SMILES string of the molecule is Cc1c(O)cccc1C(=O)NC(CSc1ccccc1)[C@H](O)CN1C[C@H]2CCCC[C@H]2C[C@H]1C(=O)NC(C)(C)C. The van der Waals surface area contributed by atoms with Crippen LogP contribution in [0.5, 0.6) is 5.75 Å². The second-order valence-corrected chi connectivity index (χ2v) is 13.6. The van der Waals surface area contributed by atoms with E-state index in [-0.39, 0.29) is 29.1 Å². The summed E-state index contributed by atoms with van der Waals surface area (Å²) in [5.74, 6) is 1.27. The number of phenols is 1. The number of aromatic hydroxyl groups is 1. The molecule has 0 bridgehead atoms. The van der Waals surface area contributed by atoms with Gasteiger partial charge in [0.05, 0.1) is 18.2 Å². The van der Waals surface area contributed by atoms with Crippen molar-refractivity contribution < 1.29 is 19.8 Å². The second-order valence-electron chi connectivity index (χ2n) is 12.5. The third-order valence-corrected chi connectivity index (χ3v) is 9.36. The minimum atomic E-state index is -0.886. The van der Waals surface area contributed by atoms with Gasteiger partial charge >= 0.3 is 0 Å². The lowest BCUT2D eigenvalue weighted by Crippen LogP contribution is -2.60. The normalized spacial score (nSPS) is 23.1. The molecule has 1 heterocycles. The first kappa shape index (κ1) is 30.4. The molecule has 1 aliphatic heterocycles. The molecule has 0 aromatic heterocycles. The van der Waals surface area contributed by atoms with Gasteiger partial charge in [-0.05, 0) is 76.6 Å². The number of fused-ring (bicyclic) bond motifs is 1. The second kappa shape index (κ2) is 13.4. The average Bonchev–Trinajstić information content (AvgIpc) is 2.91. The Hall–Kier alpha value is -2.55. The molecule has 2 amide bonds. The van der Waals surface area contributed by atoms with Crippen LogP contribution < -0.4 is 10.6 Å². The summed E-state index contributed by atoms with van der Waals surface area (Å²) in [5, 5.41) is 28.0. The number of piperidine rings is 1. The molecule has 0 spiro atoms. The molecule has 8 heteroatoms. The zero-order valence-corrected chi connectivity index (χ0v) is 25.0. The van der Waals surface area contributed by atoms with Crippen LogP contribution in [-0.4, -0.2) is 69.5 Å². The van der Waals surface area contributed by atoms with Gasteiger partial charge in [-0.25, -0.2) is 0 Å². The van der Waals surface area contributed by atoms with Gasteiger partial charge in [-0.3, -0.25) is 14.5 Å². The van der Waals surface area contributed by atoms with Crippen LogP contribution in [0.4, 0.5) is 0 Å². The van der Waals surface area contributed by atoms with Crippen LogP contribution in [0, 0.1) is 18.8 Å². The molecule has 40 heavy (non-hydrogen) atoms. The number of carbonyl (C=O) groups is 2. The summed E-state index contributed by atoms with van der Waals surface area (Å²) in [6, 6.07) is 13.9. The molecule has 4 rings (SSSR count). The molecule has 2 aliphatic rings. The van der Waals surface area contributed by atoms with Crippen LogP contribution in [0.3, 0.4) is 0 Å². The van der Waals surface area contributed by atoms with Gasteiger partial charge in [0.2, 0.25) is 5.91 Å². The fourth-order valence-corrected chi connectivity index (χ4v) is 7.09. The van der Waals surface area contributed by atoms with Gasteiger partial charge < -0.3 is 20.8 Å². The van der Waals surface area contributed by atoms with Crippen molar-refractivity contribution >= 4 is 23.6 Å². The number of benzene rings is 2. The van der Waals surface area contributed by atoms with Crippen molar-refractivity contribution in [2.75, 3.05) is 18.8 Å². The third kappa shape index (κ3) is 8.02. The molecular weight excluding hydrogens is 522 g/mol. The van der Waals surface area contributed by atoms with Crippen molar-refractivity contribution in [3.63, 3.8) is 0 Å². The van der Waals surface area contributed by atoms with Crippen molar-refractivity contribution in [1.29, 1.82) is 0 Å². The van der Waals surface area contributed by atoms with Gasteiger partial charge in [0, 0.05) is 40.4 Å². The summed E-state index contributed by atoms with van der Waals surface area (Å²) in [5.41, 5.74) is 0.543. The molecule has 1 unspecified atom stereocenters. The zero-order chi connectivity index (χ0) is 28.9. The predicted molar refractivity (Wildman–Crippen MR) is 161 cm³/mol. The summed E-state index contributed by atoms with van der Waals surface area (Å²) in [7, 11) is 0. The smallest absolute Gasteiger partial charge is 0.252 e. The van der Waals surface area contributed by atoms with Crippen LogP contribution in [0.2, 0.25) is 0 Å². The fraction of sp³-hybridized carbons (Fsp3) is 0.562. The molecule has 1 aliphatic carbocycles. The van der Waals surface area contributed by atoms with Crippen molar-refractivity contribution in [2.45, 2.75) is 88.4 Å². The Bertz CT molecular complexity index is 1150. The predicted octanol–water partition coefficient (Wildman–Crippen LogP) is 4.75. The lowest BCUT2D eigenvalue weighted by Gasteiger charge is -2.47.